The lowest BCUT2D eigenvalue weighted by atomic mass is 10.1. The van der Waals surface area contributed by atoms with Gasteiger partial charge in [-0.2, -0.15) is 13.2 Å². The van der Waals surface area contributed by atoms with E-state index in [1.54, 1.807) is 0 Å². The Morgan fingerprint density at radius 2 is 2.07 bits per heavy atom. The Hall–Kier alpha value is -1.59. The molecule has 1 aromatic heterocycles. The molecule has 0 bridgehead atoms. The van der Waals surface area contributed by atoms with Gasteiger partial charge in [-0.1, -0.05) is 0 Å². The number of hydrogen-bond acceptors (Lipinski definition) is 3. The first kappa shape index (κ1) is 10.5. The molecule has 0 aliphatic carbocycles. The molecule has 76 valence electrons. The first-order valence-electron chi connectivity index (χ1n) is 3.65. The van der Waals surface area contributed by atoms with Crippen LogP contribution in [-0.4, -0.2) is 11.3 Å². The molecule has 0 aliphatic heterocycles. The fourth-order valence-electron chi connectivity index (χ4n) is 1.03. The number of anilines is 1. The highest BCUT2D eigenvalue weighted by atomic mass is 19.4. The molecule has 0 unspecified atom stereocenters. The van der Waals surface area contributed by atoms with E-state index in [9.17, 15) is 18.0 Å². The lowest BCUT2D eigenvalue weighted by Crippen LogP contribution is -2.13. The Bertz CT molecular complexity index is 374. The number of pyridine rings is 1. The van der Waals surface area contributed by atoms with Crippen LogP contribution in [0.4, 0.5) is 19.0 Å². The SMILES string of the molecule is Cc1cc(C=O)c(N)nc1C(F)(F)F. The summed E-state index contributed by atoms with van der Waals surface area (Å²) in [5.74, 6) is -0.405. The van der Waals surface area contributed by atoms with Gasteiger partial charge in [-0.05, 0) is 18.6 Å². The summed E-state index contributed by atoms with van der Waals surface area (Å²) in [7, 11) is 0. The molecular formula is C8H7F3N2O. The van der Waals surface area contributed by atoms with Crippen molar-refractivity contribution in [1.29, 1.82) is 0 Å². The summed E-state index contributed by atoms with van der Waals surface area (Å²) >= 11 is 0. The van der Waals surface area contributed by atoms with Crippen molar-refractivity contribution < 1.29 is 18.0 Å². The Morgan fingerprint density at radius 1 is 1.50 bits per heavy atom. The molecular weight excluding hydrogens is 197 g/mol. The standard InChI is InChI=1S/C8H7F3N2O/c1-4-2-5(3-14)7(12)13-6(4)8(9,10)11/h2-3H,1H3,(H2,12,13). The molecule has 0 amide bonds. The monoisotopic (exact) mass is 204 g/mol. The van der Waals surface area contributed by atoms with Crippen molar-refractivity contribution in [2.75, 3.05) is 5.73 Å². The molecule has 0 spiro atoms. The quantitative estimate of drug-likeness (QED) is 0.709. The van der Waals surface area contributed by atoms with Crippen molar-refractivity contribution in [1.82, 2.24) is 4.98 Å². The summed E-state index contributed by atoms with van der Waals surface area (Å²) in [5.41, 5.74) is 3.95. The minimum absolute atomic E-state index is 0.0319. The third-order valence-electron chi connectivity index (χ3n) is 1.67. The van der Waals surface area contributed by atoms with Gasteiger partial charge in [-0.3, -0.25) is 4.79 Å². The van der Waals surface area contributed by atoms with Gasteiger partial charge in [0.15, 0.2) is 6.29 Å². The normalized spacial score (nSPS) is 11.4. The van der Waals surface area contributed by atoms with Crippen LogP contribution >= 0.6 is 0 Å². The van der Waals surface area contributed by atoms with E-state index in [1.165, 1.54) is 6.92 Å². The van der Waals surface area contributed by atoms with Gasteiger partial charge >= 0.3 is 6.18 Å². The Kier molecular flexibility index (Phi) is 2.46. The van der Waals surface area contributed by atoms with Gasteiger partial charge < -0.3 is 5.73 Å². The predicted molar refractivity (Wildman–Crippen MR) is 43.8 cm³/mol. The molecule has 0 aliphatic rings. The molecule has 3 nitrogen and oxygen atoms in total. The molecule has 6 heteroatoms. The van der Waals surface area contributed by atoms with Crippen LogP contribution < -0.4 is 5.73 Å². The Balaban J connectivity index is 3.36. The highest BCUT2D eigenvalue weighted by Gasteiger charge is 2.34. The van der Waals surface area contributed by atoms with Crippen LogP contribution in [0, 0.1) is 6.92 Å². The lowest BCUT2D eigenvalue weighted by Gasteiger charge is -2.10. The second-order valence-corrected chi connectivity index (χ2v) is 2.74. The van der Waals surface area contributed by atoms with Crippen molar-refractivity contribution >= 4 is 12.1 Å². The molecule has 0 radical (unpaired) electrons. The van der Waals surface area contributed by atoms with Gasteiger partial charge in [0, 0.05) is 0 Å². The fourth-order valence-corrected chi connectivity index (χ4v) is 1.03. The third kappa shape index (κ3) is 1.84. The highest BCUT2D eigenvalue weighted by Crippen LogP contribution is 2.31. The summed E-state index contributed by atoms with van der Waals surface area (Å²) in [5, 5.41) is 0. The van der Waals surface area contributed by atoms with Gasteiger partial charge in [-0.25, -0.2) is 4.98 Å². The summed E-state index contributed by atoms with van der Waals surface area (Å²) in [6.45, 7) is 1.22. The van der Waals surface area contributed by atoms with E-state index >= 15 is 0 Å². The molecule has 1 heterocycles. The number of nitrogens with zero attached hydrogens (tertiary/aromatic N) is 1. The van der Waals surface area contributed by atoms with Gasteiger partial charge in [0.2, 0.25) is 0 Å². The van der Waals surface area contributed by atoms with Crippen molar-refractivity contribution in [2.24, 2.45) is 0 Å². The van der Waals surface area contributed by atoms with Gasteiger partial charge in [0.25, 0.3) is 0 Å². The second-order valence-electron chi connectivity index (χ2n) is 2.74. The van der Waals surface area contributed by atoms with Crippen LogP contribution in [0.5, 0.6) is 0 Å². The summed E-state index contributed by atoms with van der Waals surface area (Å²) in [6, 6.07) is 1.07. The van der Waals surface area contributed by atoms with Crippen LogP contribution in [0.15, 0.2) is 6.07 Å². The minimum Gasteiger partial charge on any atom is -0.383 e. The number of rotatable bonds is 1. The van der Waals surface area contributed by atoms with Gasteiger partial charge in [0.1, 0.15) is 11.5 Å². The van der Waals surface area contributed by atoms with Crippen molar-refractivity contribution in [3.05, 3.63) is 22.9 Å². The minimum atomic E-state index is -4.54. The number of alkyl halides is 3. The van der Waals surface area contributed by atoms with E-state index in [4.69, 9.17) is 5.73 Å². The first-order valence-corrected chi connectivity index (χ1v) is 3.65. The van der Waals surface area contributed by atoms with E-state index < -0.39 is 17.7 Å². The maximum absolute atomic E-state index is 12.3. The van der Waals surface area contributed by atoms with E-state index in [1.807, 2.05) is 0 Å². The topological polar surface area (TPSA) is 56.0 Å². The molecule has 14 heavy (non-hydrogen) atoms. The average Bonchev–Trinajstić information content (AvgIpc) is 2.06. The maximum Gasteiger partial charge on any atom is 0.433 e. The number of carbonyl (C=O) groups is 1. The molecule has 0 saturated heterocycles. The summed E-state index contributed by atoms with van der Waals surface area (Å²) in [6.07, 6.45) is -4.17. The smallest absolute Gasteiger partial charge is 0.383 e. The highest BCUT2D eigenvalue weighted by molar-refractivity contribution is 5.81. The van der Waals surface area contributed by atoms with E-state index in [0.717, 1.165) is 6.07 Å². The first-order chi connectivity index (χ1) is 6.36. The average molecular weight is 204 g/mol. The lowest BCUT2D eigenvalue weighted by molar-refractivity contribution is -0.141. The zero-order valence-electron chi connectivity index (χ0n) is 7.22. The van der Waals surface area contributed by atoms with E-state index in [2.05, 4.69) is 4.98 Å². The van der Waals surface area contributed by atoms with Crippen molar-refractivity contribution in [2.45, 2.75) is 13.1 Å². The van der Waals surface area contributed by atoms with Crippen molar-refractivity contribution in [3.63, 3.8) is 0 Å². The van der Waals surface area contributed by atoms with Crippen molar-refractivity contribution in [3.8, 4) is 0 Å². The number of hydrogen-bond donors (Lipinski definition) is 1. The van der Waals surface area contributed by atoms with Crippen LogP contribution in [0.1, 0.15) is 21.6 Å². The number of aryl methyl sites for hydroxylation is 1. The number of carbonyl (C=O) groups excluding carboxylic acids is 1. The molecule has 0 aromatic carbocycles. The zero-order chi connectivity index (χ0) is 10.9. The Labute approximate surface area is 77.7 Å². The second kappa shape index (κ2) is 3.28. The molecule has 2 N–H and O–H groups in total. The number of nitrogen functional groups attached to an aromatic ring is 1. The molecule has 0 saturated carbocycles. The zero-order valence-corrected chi connectivity index (χ0v) is 7.22. The number of aldehydes is 1. The Morgan fingerprint density at radius 3 is 2.50 bits per heavy atom. The van der Waals surface area contributed by atoms with Gasteiger partial charge in [-0.15, -0.1) is 0 Å². The molecule has 1 aromatic rings. The van der Waals surface area contributed by atoms with Crippen LogP contribution in [-0.2, 0) is 6.18 Å². The van der Waals surface area contributed by atoms with Crippen LogP contribution in [0.2, 0.25) is 0 Å². The molecule has 0 atom stereocenters. The molecule has 1 rings (SSSR count). The summed E-state index contributed by atoms with van der Waals surface area (Å²) < 4.78 is 36.8. The third-order valence-corrected chi connectivity index (χ3v) is 1.67. The van der Waals surface area contributed by atoms with E-state index in [-0.39, 0.29) is 11.1 Å². The van der Waals surface area contributed by atoms with Crippen LogP contribution in [0.25, 0.3) is 0 Å². The molecule has 0 fully saturated rings. The number of nitrogens with two attached hydrogens (primary N) is 1. The van der Waals surface area contributed by atoms with Gasteiger partial charge in [0.05, 0.1) is 5.56 Å². The number of halogens is 3. The predicted octanol–water partition coefficient (Wildman–Crippen LogP) is 1.80. The number of aromatic nitrogens is 1. The maximum atomic E-state index is 12.3. The summed E-state index contributed by atoms with van der Waals surface area (Å²) in [4.78, 5) is 13.5. The van der Waals surface area contributed by atoms with Crippen LogP contribution in [0.3, 0.4) is 0 Å². The van der Waals surface area contributed by atoms with E-state index in [0.29, 0.717) is 6.29 Å². The largest absolute Gasteiger partial charge is 0.433 e. The fraction of sp³-hybridized carbons (Fsp3) is 0.250.